The summed E-state index contributed by atoms with van der Waals surface area (Å²) in [5.74, 6) is 0.989. The van der Waals surface area contributed by atoms with Gasteiger partial charge in [0.05, 0.1) is 6.33 Å². The van der Waals surface area contributed by atoms with Crippen molar-refractivity contribution in [3.63, 3.8) is 0 Å². The Labute approximate surface area is 119 Å². The molecule has 2 aromatic heterocycles. The molecule has 0 spiro atoms. The third-order valence-electron chi connectivity index (χ3n) is 3.86. The molecule has 20 heavy (non-hydrogen) atoms. The minimum Gasteiger partial charge on any atom is -0.350 e. The van der Waals surface area contributed by atoms with Gasteiger partial charge in [-0.25, -0.2) is 15.0 Å². The predicted octanol–water partition coefficient (Wildman–Crippen LogP) is 1.71. The van der Waals surface area contributed by atoms with Gasteiger partial charge < -0.3 is 15.2 Å². The second kappa shape index (κ2) is 5.75. The van der Waals surface area contributed by atoms with Crippen LogP contribution >= 0.6 is 0 Å². The number of H-pyrrole nitrogens is 1. The molecule has 2 N–H and O–H groups in total. The van der Waals surface area contributed by atoms with Crippen molar-refractivity contribution in [2.75, 3.05) is 18.0 Å². The number of anilines is 1. The van der Waals surface area contributed by atoms with Crippen molar-refractivity contribution in [2.24, 2.45) is 0 Å². The summed E-state index contributed by atoms with van der Waals surface area (Å²) < 4.78 is 0. The van der Waals surface area contributed by atoms with E-state index in [9.17, 15) is 0 Å². The standard InChI is InChI=1S/C14H22N6/c1-10(2)15-7-11-5-3-4-6-20(11)14-12-13(17-8-16-12)18-9-19-14/h8-11,15H,3-7H2,1-2H3,(H,16,17,18,19). The van der Waals surface area contributed by atoms with E-state index in [0.717, 1.165) is 30.1 Å². The third-order valence-corrected chi connectivity index (χ3v) is 3.86. The van der Waals surface area contributed by atoms with E-state index in [1.165, 1.54) is 19.3 Å². The molecule has 1 saturated heterocycles. The molecule has 0 radical (unpaired) electrons. The number of nitrogens with zero attached hydrogens (tertiary/aromatic N) is 4. The monoisotopic (exact) mass is 274 g/mol. The van der Waals surface area contributed by atoms with Gasteiger partial charge in [0.2, 0.25) is 0 Å². The highest BCUT2D eigenvalue weighted by Gasteiger charge is 2.25. The highest BCUT2D eigenvalue weighted by Crippen LogP contribution is 2.26. The molecule has 1 aliphatic rings. The first-order valence-corrected chi connectivity index (χ1v) is 7.40. The maximum absolute atomic E-state index is 4.50. The van der Waals surface area contributed by atoms with Crippen molar-refractivity contribution in [3.8, 4) is 0 Å². The van der Waals surface area contributed by atoms with Gasteiger partial charge in [0.25, 0.3) is 0 Å². The Morgan fingerprint density at radius 2 is 2.25 bits per heavy atom. The van der Waals surface area contributed by atoms with E-state index < -0.39 is 0 Å². The van der Waals surface area contributed by atoms with Crippen LogP contribution in [0.2, 0.25) is 0 Å². The minimum atomic E-state index is 0.493. The number of hydrogen-bond donors (Lipinski definition) is 2. The summed E-state index contributed by atoms with van der Waals surface area (Å²) in [6, 6.07) is 1.00. The number of nitrogens with one attached hydrogen (secondary N) is 2. The molecule has 0 amide bonds. The topological polar surface area (TPSA) is 69.7 Å². The average molecular weight is 274 g/mol. The Hall–Kier alpha value is -1.69. The largest absolute Gasteiger partial charge is 0.350 e. The lowest BCUT2D eigenvalue weighted by Gasteiger charge is -2.37. The normalized spacial score (nSPS) is 19.9. The molecule has 0 aromatic carbocycles. The van der Waals surface area contributed by atoms with E-state index in [1.807, 2.05) is 0 Å². The lowest BCUT2D eigenvalue weighted by Crippen LogP contribution is -2.47. The number of rotatable bonds is 4. The van der Waals surface area contributed by atoms with Crippen LogP contribution in [0.15, 0.2) is 12.7 Å². The SMILES string of the molecule is CC(C)NCC1CCCCN1c1ncnc2nc[nH]c12. The fourth-order valence-electron chi connectivity index (χ4n) is 2.83. The summed E-state index contributed by atoms with van der Waals surface area (Å²) in [5, 5.41) is 3.55. The van der Waals surface area contributed by atoms with Crippen LogP contribution in [0.3, 0.4) is 0 Å². The highest BCUT2D eigenvalue weighted by molar-refractivity contribution is 5.82. The maximum Gasteiger partial charge on any atom is 0.182 e. The van der Waals surface area contributed by atoms with Crippen molar-refractivity contribution >= 4 is 17.0 Å². The smallest absolute Gasteiger partial charge is 0.182 e. The van der Waals surface area contributed by atoms with Crippen molar-refractivity contribution < 1.29 is 0 Å². The zero-order valence-electron chi connectivity index (χ0n) is 12.1. The zero-order valence-corrected chi connectivity index (χ0v) is 12.1. The van der Waals surface area contributed by atoms with Gasteiger partial charge in [-0.3, -0.25) is 0 Å². The van der Waals surface area contributed by atoms with Crippen molar-refractivity contribution in [1.29, 1.82) is 0 Å². The first kappa shape index (κ1) is 13.3. The molecule has 108 valence electrons. The summed E-state index contributed by atoms with van der Waals surface area (Å²) in [5.41, 5.74) is 1.69. The van der Waals surface area contributed by atoms with Gasteiger partial charge in [0.15, 0.2) is 11.5 Å². The van der Waals surface area contributed by atoms with Crippen molar-refractivity contribution in [2.45, 2.75) is 45.2 Å². The third kappa shape index (κ3) is 2.60. The van der Waals surface area contributed by atoms with E-state index >= 15 is 0 Å². The molecule has 0 saturated carbocycles. The number of aromatic nitrogens is 4. The first-order chi connectivity index (χ1) is 9.75. The molecule has 1 unspecified atom stereocenters. The van der Waals surface area contributed by atoms with Gasteiger partial charge >= 0.3 is 0 Å². The van der Waals surface area contributed by atoms with Gasteiger partial charge in [-0.1, -0.05) is 13.8 Å². The summed E-state index contributed by atoms with van der Waals surface area (Å²) in [4.78, 5) is 18.5. The molecule has 3 heterocycles. The molecule has 6 nitrogen and oxygen atoms in total. The fraction of sp³-hybridized carbons (Fsp3) is 0.643. The molecule has 3 rings (SSSR count). The Morgan fingerprint density at radius 3 is 3.10 bits per heavy atom. The van der Waals surface area contributed by atoms with Gasteiger partial charge in [0, 0.05) is 25.2 Å². The van der Waals surface area contributed by atoms with Crippen LogP contribution in [0.5, 0.6) is 0 Å². The Morgan fingerprint density at radius 1 is 1.35 bits per heavy atom. The van der Waals surface area contributed by atoms with Crippen molar-refractivity contribution in [1.82, 2.24) is 25.3 Å². The van der Waals surface area contributed by atoms with Crippen molar-refractivity contribution in [3.05, 3.63) is 12.7 Å². The molecule has 1 aliphatic heterocycles. The highest BCUT2D eigenvalue weighted by atomic mass is 15.3. The van der Waals surface area contributed by atoms with E-state index in [0.29, 0.717) is 12.1 Å². The Kier molecular flexibility index (Phi) is 3.82. The number of fused-ring (bicyclic) bond motifs is 1. The average Bonchev–Trinajstić information content (AvgIpc) is 2.93. The number of hydrogen-bond acceptors (Lipinski definition) is 5. The van der Waals surface area contributed by atoms with Crippen LogP contribution in [0.25, 0.3) is 11.2 Å². The predicted molar refractivity (Wildman–Crippen MR) is 79.8 cm³/mol. The summed E-state index contributed by atoms with van der Waals surface area (Å²) >= 11 is 0. The molecular weight excluding hydrogens is 252 g/mol. The van der Waals surface area contributed by atoms with E-state index in [4.69, 9.17) is 0 Å². The van der Waals surface area contributed by atoms with Gasteiger partial charge in [-0.15, -0.1) is 0 Å². The number of imidazole rings is 1. The lowest BCUT2D eigenvalue weighted by molar-refractivity contribution is 0.419. The van der Waals surface area contributed by atoms with Crippen LogP contribution in [-0.4, -0.2) is 45.1 Å². The molecule has 0 bridgehead atoms. The summed E-state index contributed by atoms with van der Waals surface area (Å²) in [7, 11) is 0. The minimum absolute atomic E-state index is 0.493. The van der Waals surface area contributed by atoms with E-state index in [-0.39, 0.29) is 0 Å². The molecule has 6 heteroatoms. The van der Waals surface area contributed by atoms with Crippen LogP contribution in [0.1, 0.15) is 33.1 Å². The summed E-state index contributed by atoms with van der Waals surface area (Å²) in [6.45, 7) is 6.42. The quantitative estimate of drug-likeness (QED) is 0.888. The number of piperidine rings is 1. The first-order valence-electron chi connectivity index (χ1n) is 7.40. The molecule has 1 fully saturated rings. The second-order valence-corrected chi connectivity index (χ2v) is 5.70. The van der Waals surface area contributed by atoms with Crippen LogP contribution in [0.4, 0.5) is 5.82 Å². The number of aromatic amines is 1. The van der Waals surface area contributed by atoms with Crippen LogP contribution < -0.4 is 10.2 Å². The van der Waals surface area contributed by atoms with E-state index in [1.54, 1.807) is 12.7 Å². The van der Waals surface area contributed by atoms with Gasteiger partial charge in [0.1, 0.15) is 11.8 Å². The van der Waals surface area contributed by atoms with Crippen LogP contribution in [-0.2, 0) is 0 Å². The van der Waals surface area contributed by atoms with Crippen LogP contribution in [0, 0.1) is 0 Å². The molecule has 0 aliphatic carbocycles. The molecular formula is C14H22N6. The fourth-order valence-corrected chi connectivity index (χ4v) is 2.83. The Balaban J connectivity index is 1.87. The maximum atomic E-state index is 4.50. The zero-order chi connectivity index (χ0) is 13.9. The second-order valence-electron chi connectivity index (χ2n) is 5.70. The van der Waals surface area contributed by atoms with Gasteiger partial charge in [-0.2, -0.15) is 0 Å². The summed E-state index contributed by atoms with van der Waals surface area (Å²) in [6.07, 6.45) is 7.02. The van der Waals surface area contributed by atoms with E-state index in [2.05, 4.69) is 44.0 Å². The lowest BCUT2D eigenvalue weighted by atomic mass is 10.0. The molecule has 1 atom stereocenters. The Bertz CT molecular complexity index is 564. The molecule has 2 aromatic rings. The van der Waals surface area contributed by atoms with Gasteiger partial charge in [-0.05, 0) is 19.3 Å².